The molecule has 2 heterocycles. The molecule has 1 atom stereocenters. The van der Waals surface area contributed by atoms with Crippen molar-refractivity contribution in [1.29, 1.82) is 0 Å². The van der Waals surface area contributed by atoms with Gasteiger partial charge in [-0.05, 0) is 30.2 Å². The number of anilines is 1. The van der Waals surface area contributed by atoms with Crippen molar-refractivity contribution < 1.29 is 0 Å². The second-order valence-electron chi connectivity index (χ2n) is 4.50. The number of benzene rings is 1. The summed E-state index contributed by atoms with van der Waals surface area (Å²) in [6.45, 7) is 3.28. The van der Waals surface area contributed by atoms with Crippen molar-refractivity contribution in [3.63, 3.8) is 0 Å². The highest BCUT2D eigenvalue weighted by molar-refractivity contribution is 6.33. The molecule has 2 nitrogen and oxygen atoms in total. The molecule has 16 heavy (non-hydrogen) atoms. The van der Waals surface area contributed by atoms with Gasteiger partial charge in [0.05, 0.1) is 10.7 Å². The van der Waals surface area contributed by atoms with Crippen LogP contribution in [0.1, 0.15) is 17.0 Å². The maximum absolute atomic E-state index is 6.27. The standard InChI is InChI=1S/C12H15ClN2.ClH/c1-15-7-9-6-14-5-4-8-2-3-10(13)12(15)11(8)9;/h2-3,9,14H,4-7H2,1H3;1H. The highest BCUT2D eigenvalue weighted by atomic mass is 35.5. The number of nitrogens with zero attached hydrogens (tertiary/aromatic N) is 1. The van der Waals surface area contributed by atoms with Gasteiger partial charge < -0.3 is 10.2 Å². The highest BCUT2D eigenvalue weighted by Gasteiger charge is 2.31. The first-order valence-electron chi connectivity index (χ1n) is 5.50. The molecule has 0 aliphatic carbocycles. The second kappa shape index (κ2) is 4.44. The predicted molar refractivity (Wildman–Crippen MR) is 71.3 cm³/mol. The van der Waals surface area contributed by atoms with Crippen molar-refractivity contribution in [3.8, 4) is 0 Å². The van der Waals surface area contributed by atoms with Gasteiger partial charge in [0.1, 0.15) is 0 Å². The van der Waals surface area contributed by atoms with Crippen LogP contribution in [0.25, 0.3) is 0 Å². The lowest BCUT2D eigenvalue weighted by molar-refractivity contribution is 0.625. The number of rotatable bonds is 0. The molecule has 2 aliphatic heterocycles. The van der Waals surface area contributed by atoms with E-state index in [-0.39, 0.29) is 12.4 Å². The molecule has 0 amide bonds. The molecule has 1 aromatic rings. The van der Waals surface area contributed by atoms with E-state index in [0.29, 0.717) is 5.92 Å². The van der Waals surface area contributed by atoms with E-state index in [9.17, 15) is 0 Å². The quantitative estimate of drug-likeness (QED) is 0.769. The third-order valence-electron chi connectivity index (χ3n) is 3.50. The first kappa shape index (κ1) is 12.0. The number of hydrogen-bond acceptors (Lipinski definition) is 2. The normalized spacial score (nSPS) is 22.4. The summed E-state index contributed by atoms with van der Waals surface area (Å²) in [5.74, 6) is 0.626. The van der Waals surface area contributed by atoms with Gasteiger partial charge in [-0.25, -0.2) is 0 Å². The van der Waals surface area contributed by atoms with Crippen LogP contribution in [0.2, 0.25) is 5.02 Å². The van der Waals surface area contributed by atoms with E-state index in [2.05, 4.69) is 23.3 Å². The lowest BCUT2D eigenvalue weighted by atomic mass is 9.95. The van der Waals surface area contributed by atoms with Crippen LogP contribution in [0.5, 0.6) is 0 Å². The second-order valence-corrected chi connectivity index (χ2v) is 4.91. The zero-order valence-electron chi connectivity index (χ0n) is 9.29. The van der Waals surface area contributed by atoms with E-state index in [4.69, 9.17) is 11.6 Å². The number of halogens is 2. The molecular formula is C12H16Cl2N2. The van der Waals surface area contributed by atoms with Gasteiger partial charge >= 0.3 is 0 Å². The summed E-state index contributed by atoms with van der Waals surface area (Å²) in [6.07, 6.45) is 1.13. The molecule has 1 N–H and O–H groups in total. The van der Waals surface area contributed by atoms with Gasteiger partial charge in [0.2, 0.25) is 0 Å². The number of hydrogen-bond donors (Lipinski definition) is 1. The van der Waals surface area contributed by atoms with E-state index in [0.717, 1.165) is 31.1 Å². The number of nitrogens with one attached hydrogen (secondary N) is 1. The molecule has 4 heteroatoms. The van der Waals surface area contributed by atoms with Gasteiger partial charge in [0.15, 0.2) is 0 Å². The molecule has 88 valence electrons. The van der Waals surface area contributed by atoms with Gasteiger partial charge in [-0.15, -0.1) is 12.4 Å². The summed E-state index contributed by atoms with van der Waals surface area (Å²) in [4.78, 5) is 2.29. The van der Waals surface area contributed by atoms with Crippen molar-refractivity contribution in [2.45, 2.75) is 12.3 Å². The summed E-state index contributed by atoms with van der Waals surface area (Å²) in [6, 6.07) is 4.24. The van der Waals surface area contributed by atoms with Crippen molar-refractivity contribution >= 4 is 29.7 Å². The predicted octanol–water partition coefficient (Wildman–Crippen LogP) is 2.44. The molecule has 1 aromatic carbocycles. The topological polar surface area (TPSA) is 15.3 Å². The Morgan fingerprint density at radius 2 is 2.25 bits per heavy atom. The first-order chi connectivity index (χ1) is 7.27. The Hall–Kier alpha value is -0.440. The lowest BCUT2D eigenvalue weighted by Crippen LogP contribution is -2.24. The van der Waals surface area contributed by atoms with Crippen LogP contribution in [0.15, 0.2) is 12.1 Å². The third kappa shape index (κ3) is 1.69. The van der Waals surface area contributed by atoms with Crippen LogP contribution in [-0.4, -0.2) is 26.7 Å². The lowest BCUT2D eigenvalue weighted by Gasteiger charge is -2.15. The summed E-state index contributed by atoms with van der Waals surface area (Å²) < 4.78 is 0. The smallest absolute Gasteiger partial charge is 0.0642 e. The van der Waals surface area contributed by atoms with E-state index < -0.39 is 0 Å². The highest BCUT2D eigenvalue weighted by Crippen LogP contribution is 2.43. The fraction of sp³-hybridized carbons (Fsp3) is 0.500. The first-order valence-corrected chi connectivity index (χ1v) is 5.88. The maximum Gasteiger partial charge on any atom is 0.0642 e. The average molecular weight is 259 g/mol. The molecule has 0 saturated heterocycles. The maximum atomic E-state index is 6.27. The van der Waals surface area contributed by atoms with Gasteiger partial charge in [-0.1, -0.05) is 17.7 Å². The molecule has 1 unspecified atom stereocenters. The minimum atomic E-state index is 0. The van der Waals surface area contributed by atoms with Crippen LogP contribution in [-0.2, 0) is 6.42 Å². The minimum absolute atomic E-state index is 0. The van der Waals surface area contributed by atoms with E-state index in [1.807, 2.05) is 6.07 Å². The molecule has 0 saturated carbocycles. The van der Waals surface area contributed by atoms with E-state index in [1.165, 1.54) is 16.8 Å². The van der Waals surface area contributed by atoms with Crippen molar-refractivity contribution in [2.24, 2.45) is 0 Å². The molecule has 0 fully saturated rings. The van der Waals surface area contributed by atoms with Crippen LogP contribution in [0.4, 0.5) is 5.69 Å². The van der Waals surface area contributed by atoms with Gasteiger partial charge in [-0.2, -0.15) is 0 Å². The average Bonchev–Trinajstić information content (AvgIpc) is 2.43. The number of likely N-dealkylation sites (N-methyl/N-ethyl adjacent to an activating group) is 1. The summed E-state index contributed by atoms with van der Waals surface area (Å²) in [7, 11) is 2.14. The van der Waals surface area contributed by atoms with Gasteiger partial charge in [0, 0.05) is 26.1 Å². The molecular weight excluding hydrogens is 243 g/mol. The Labute approximate surface area is 107 Å². The van der Waals surface area contributed by atoms with Gasteiger partial charge in [0.25, 0.3) is 0 Å². The van der Waals surface area contributed by atoms with E-state index >= 15 is 0 Å². The molecule has 0 spiro atoms. The minimum Gasteiger partial charge on any atom is -0.372 e. The monoisotopic (exact) mass is 258 g/mol. The zero-order valence-corrected chi connectivity index (χ0v) is 10.9. The summed E-state index contributed by atoms with van der Waals surface area (Å²) in [5, 5.41) is 4.40. The van der Waals surface area contributed by atoms with Crippen molar-refractivity contribution in [1.82, 2.24) is 5.32 Å². The Balaban J connectivity index is 0.000000963. The van der Waals surface area contributed by atoms with Crippen LogP contribution in [0.3, 0.4) is 0 Å². The molecule has 0 radical (unpaired) electrons. The Bertz CT molecular complexity index is 406. The van der Waals surface area contributed by atoms with Crippen molar-refractivity contribution in [3.05, 3.63) is 28.3 Å². The Morgan fingerprint density at radius 3 is 3.06 bits per heavy atom. The largest absolute Gasteiger partial charge is 0.372 e. The SMILES string of the molecule is CN1CC2CNCCc3ccc(Cl)c1c32.Cl. The molecule has 0 bridgehead atoms. The Kier molecular flexibility index (Phi) is 3.34. The molecule has 2 aliphatic rings. The van der Waals surface area contributed by atoms with Crippen LogP contribution < -0.4 is 10.2 Å². The third-order valence-corrected chi connectivity index (χ3v) is 3.81. The summed E-state index contributed by atoms with van der Waals surface area (Å²) in [5.41, 5.74) is 4.24. The van der Waals surface area contributed by atoms with Crippen molar-refractivity contribution in [2.75, 3.05) is 31.6 Å². The Morgan fingerprint density at radius 1 is 1.44 bits per heavy atom. The molecule has 0 aromatic heterocycles. The van der Waals surface area contributed by atoms with Gasteiger partial charge in [-0.3, -0.25) is 0 Å². The fourth-order valence-corrected chi connectivity index (χ4v) is 3.17. The van der Waals surface area contributed by atoms with E-state index in [1.54, 1.807) is 0 Å². The molecule has 3 rings (SSSR count). The van der Waals surface area contributed by atoms with Crippen LogP contribution >= 0.6 is 24.0 Å². The zero-order chi connectivity index (χ0) is 10.4. The van der Waals surface area contributed by atoms with Crippen LogP contribution in [0, 0.1) is 0 Å². The fourth-order valence-electron chi connectivity index (χ4n) is 2.86. The summed E-state index contributed by atoms with van der Waals surface area (Å²) >= 11 is 6.27.